The summed E-state index contributed by atoms with van der Waals surface area (Å²) in [7, 11) is 1.45. The average Bonchev–Trinajstić information content (AvgIpc) is 2.57. The van der Waals surface area contributed by atoms with Crippen LogP contribution in [-0.4, -0.2) is 76.8 Å². The minimum atomic E-state index is -1.11. The van der Waals surface area contributed by atoms with Crippen LogP contribution in [0.25, 0.3) is 0 Å². The van der Waals surface area contributed by atoms with Crippen LogP contribution in [0.2, 0.25) is 0 Å². The van der Waals surface area contributed by atoms with E-state index in [1.807, 2.05) is 0 Å². The van der Waals surface area contributed by atoms with E-state index in [4.69, 9.17) is 33.7 Å². The molecule has 0 aromatic carbocycles. The van der Waals surface area contributed by atoms with Crippen molar-refractivity contribution < 1.29 is 19.7 Å². The standard InChI is InChI=1S/C16H28Cl2N2O4/c1-24-8-14(22)16(23)20-4-2-9(3-5-20)15(19)10-6-11(17)12(18)7-13(10)21/h9-15,21-22H,2-8,19H2,1H3/t10?,11?,12?,13?,14-,15-/m1/s1. The summed E-state index contributed by atoms with van der Waals surface area (Å²) in [5, 5.41) is 19.6. The van der Waals surface area contributed by atoms with Crippen LogP contribution in [0.3, 0.4) is 0 Å². The van der Waals surface area contributed by atoms with Crippen molar-refractivity contribution in [2.24, 2.45) is 17.6 Å². The summed E-state index contributed by atoms with van der Waals surface area (Å²) in [5.41, 5.74) is 6.42. The van der Waals surface area contributed by atoms with E-state index in [0.717, 1.165) is 12.8 Å². The number of carbonyl (C=O) groups excluding carboxylic acids is 1. The molecule has 2 aliphatic rings. The molecule has 2 rings (SSSR count). The van der Waals surface area contributed by atoms with Gasteiger partial charge in [-0.15, -0.1) is 23.2 Å². The first-order valence-corrected chi connectivity index (χ1v) is 9.40. The van der Waals surface area contributed by atoms with Gasteiger partial charge in [0.05, 0.1) is 23.5 Å². The second kappa shape index (κ2) is 9.01. The molecule has 140 valence electrons. The number of likely N-dealkylation sites (tertiary alicyclic amines) is 1. The molecule has 1 saturated carbocycles. The second-order valence-electron chi connectivity index (χ2n) is 6.95. The molecule has 0 bridgehead atoms. The zero-order valence-corrected chi connectivity index (χ0v) is 15.5. The molecule has 0 aromatic heterocycles. The lowest BCUT2D eigenvalue weighted by atomic mass is 9.74. The number of rotatable bonds is 5. The lowest BCUT2D eigenvalue weighted by molar-refractivity contribution is -0.144. The molecule has 6 nitrogen and oxygen atoms in total. The van der Waals surface area contributed by atoms with Gasteiger partial charge in [0, 0.05) is 32.2 Å². The van der Waals surface area contributed by atoms with Crippen molar-refractivity contribution in [3.63, 3.8) is 0 Å². The Morgan fingerprint density at radius 2 is 1.88 bits per heavy atom. The maximum atomic E-state index is 12.1. The Morgan fingerprint density at radius 1 is 1.29 bits per heavy atom. The van der Waals surface area contributed by atoms with Gasteiger partial charge in [0.25, 0.3) is 5.91 Å². The molecule has 0 radical (unpaired) electrons. The van der Waals surface area contributed by atoms with Crippen LogP contribution in [0.1, 0.15) is 25.7 Å². The number of ether oxygens (including phenoxy) is 1. The van der Waals surface area contributed by atoms with Crippen LogP contribution in [0.15, 0.2) is 0 Å². The lowest BCUT2D eigenvalue weighted by Gasteiger charge is -2.42. The van der Waals surface area contributed by atoms with Gasteiger partial charge < -0.3 is 25.6 Å². The number of halogens is 2. The van der Waals surface area contributed by atoms with Gasteiger partial charge in [-0.25, -0.2) is 0 Å². The monoisotopic (exact) mass is 382 g/mol. The summed E-state index contributed by atoms with van der Waals surface area (Å²) in [6, 6.07) is -0.161. The Morgan fingerprint density at radius 3 is 2.46 bits per heavy atom. The molecule has 0 aromatic rings. The van der Waals surface area contributed by atoms with Crippen LogP contribution in [0.5, 0.6) is 0 Å². The van der Waals surface area contributed by atoms with Crippen LogP contribution in [0.4, 0.5) is 0 Å². The fourth-order valence-electron chi connectivity index (χ4n) is 3.83. The third-order valence-electron chi connectivity index (χ3n) is 5.35. The molecule has 1 amide bonds. The molecule has 24 heavy (non-hydrogen) atoms. The highest BCUT2D eigenvalue weighted by atomic mass is 35.5. The predicted molar refractivity (Wildman–Crippen MR) is 93.2 cm³/mol. The fraction of sp³-hybridized carbons (Fsp3) is 0.938. The molecular weight excluding hydrogens is 355 g/mol. The first-order chi connectivity index (χ1) is 11.3. The number of methoxy groups -OCH3 is 1. The first-order valence-electron chi connectivity index (χ1n) is 8.52. The predicted octanol–water partition coefficient (Wildman–Crippen LogP) is 0.545. The van der Waals surface area contributed by atoms with Crippen LogP contribution in [0, 0.1) is 11.8 Å². The second-order valence-corrected chi connectivity index (χ2v) is 8.07. The number of hydrogen-bond acceptors (Lipinski definition) is 5. The number of nitrogens with two attached hydrogens (primary N) is 1. The molecule has 6 atom stereocenters. The smallest absolute Gasteiger partial charge is 0.253 e. The van der Waals surface area contributed by atoms with Crippen LogP contribution >= 0.6 is 23.2 Å². The number of carbonyl (C=O) groups is 1. The van der Waals surface area contributed by atoms with Crippen molar-refractivity contribution in [2.45, 2.75) is 54.7 Å². The van der Waals surface area contributed by atoms with E-state index in [1.54, 1.807) is 4.90 Å². The summed E-state index contributed by atoms with van der Waals surface area (Å²) in [4.78, 5) is 13.7. The quantitative estimate of drug-likeness (QED) is 0.603. The third kappa shape index (κ3) is 4.74. The normalized spacial score (nSPS) is 34.8. The highest BCUT2D eigenvalue weighted by molar-refractivity contribution is 6.30. The Bertz CT molecular complexity index is 421. The zero-order chi connectivity index (χ0) is 17.9. The van der Waals surface area contributed by atoms with Gasteiger partial charge >= 0.3 is 0 Å². The van der Waals surface area contributed by atoms with Crippen molar-refractivity contribution in [1.82, 2.24) is 4.90 Å². The molecule has 1 heterocycles. The van der Waals surface area contributed by atoms with Gasteiger partial charge in [0.2, 0.25) is 0 Å². The molecule has 4 unspecified atom stereocenters. The van der Waals surface area contributed by atoms with Gasteiger partial charge in [0.15, 0.2) is 6.10 Å². The van der Waals surface area contributed by atoms with E-state index < -0.39 is 12.2 Å². The van der Waals surface area contributed by atoms with Gasteiger partial charge in [-0.3, -0.25) is 4.79 Å². The van der Waals surface area contributed by atoms with Gasteiger partial charge in [-0.2, -0.15) is 0 Å². The van der Waals surface area contributed by atoms with Crippen molar-refractivity contribution in [1.29, 1.82) is 0 Å². The number of alkyl halides is 2. The number of nitrogens with zero attached hydrogens (tertiary/aromatic N) is 1. The van der Waals surface area contributed by atoms with Crippen molar-refractivity contribution in [3.05, 3.63) is 0 Å². The molecule has 1 aliphatic heterocycles. The number of hydrogen-bond donors (Lipinski definition) is 3. The summed E-state index contributed by atoms with van der Waals surface area (Å²) in [6.45, 7) is 1.12. The fourth-order valence-corrected chi connectivity index (χ4v) is 4.42. The minimum Gasteiger partial charge on any atom is -0.393 e. The molecule has 8 heteroatoms. The van der Waals surface area contributed by atoms with E-state index in [1.165, 1.54) is 7.11 Å². The molecule has 1 saturated heterocycles. The summed E-state index contributed by atoms with van der Waals surface area (Å²) in [6.07, 6.45) is 0.956. The van der Waals surface area contributed by atoms with E-state index in [-0.39, 0.29) is 41.1 Å². The van der Waals surface area contributed by atoms with E-state index in [9.17, 15) is 15.0 Å². The Hall–Kier alpha value is -0.110. The molecule has 2 fully saturated rings. The van der Waals surface area contributed by atoms with Crippen molar-refractivity contribution >= 4 is 29.1 Å². The van der Waals surface area contributed by atoms with Gasteiger partial charge in [-0.05, 0) is 31.6 Å². The summed E-state index contributed by atoms with van der Waals surface area (Å²) < 4.78 is 4.82. The molecule has 1 aliphatic carbocycles. The number of amides is 1. The summed E-state index contributed by atoms with van der Waals surface area (Å²) >= 11 is 12.4. The highest BCUT2D eigenvalue weighted by Gasteiger charge is 2.41. The Balaban J connectivity index is 1.86. The van der Waals surface area contributed by atoms with Crippen molar-refractivity contribution in [3.8, 4) is 0 Å². The largest absolute Gasteiger partial charge is 0.393 e. The van der Waals surface area contributed by atoms with Crippen molar-refractivity contribution in [2.75, 3.05) is 26.8 Å². The number of aliphatic hydroxyl groups excluding tert-OH is 2. The van der Waals surface area contributed by atoms with Crippen LogP contribution < -0.4 is 5.73 Å². The molecule has 0 spiro atoms. The number of aliphatic hydroxyl groups is 2. The van der Waals surface area contributed by atoms with Gasteiger partial charge in [-0.1, -0.05) is 0 Å². The van der Waals surface area contributed by atoms with E-state index >= 15 is 0 Å². The third-order valence-corrected chi connectivity index (χ3v) is 6.44. The van der Waals surface area contributed by atoms with E-state index in [2.05, 4.69) is 0 Å². The average molecular weight is 383 g/mol. The SMILES string of the molecule is COC[C@@H](O)C(=O)N1CCC([C@@H](N)C2CC(Cl)C(Cl)CC2O)CC1. The molecular formula is C16H28Cl2N2O4. The highest BCUT2D eigenvalue weighted by Crippen LogP contribution is 2.36. The first kappa shape index (κ1) is 20.2. The topological polar surface area (TPSA) is 96.0 Å². The van der Waals surface area contributed by atoms with Gasteiger partial charge in [0.1, 0.15) is 0 Å². The Kier molecular flexibility index (Phi) is 7.59. The number of piperidine rings is 1. The minimum absolute atomic E-state index is 0.00322. The lowest BCUT2D eigenvalue weighted by Crippen LogP contribution is -2.52. The van der Waals surface area contributed by atoms with Crippen LogP contribution in [-0.2, 0) is 9.53 Å². The summed E-state index contributed by atoms with van der Waals surface area (Å²) in [5.74, 6) is -0.134. The zero-order valence-electron chi connectivity index (χ0n) is 14.0. The Labute approximate surface area is 153 Å². The van der Waals surface area contributed by atoms with E-state index in [0.29, 0.717) is 25.9 Å². The maximum Gasteiger partial charge on any atom is 0.253 e. The molecule has 4 N–H and O–H groups in total. The maximum absolute atomic E-state index is 12.1.